The summed E-state index contributed by atoms with van der Waals surface area (Å²) in [6, 6.07) is 20.1. The number of anilines is 2. The fraction of sp³-hybridized carbons (Fsp3) is 0.269. The van der Waals surface area contributed by atoms with Gasteiger partial charge < -0.3 is 10.2 Å². The molecule has 3 heteroatoms. The number of rotatable bonds is 4. The maximum atomic E-state index is 13.3. The lowest BCUT2D eigenvalue weighted by molar-refractivity contribution is 0.102. The number of carbonyl (C=O) groups is 1. The summed E-state index contributed by atoms with van der Waals surface area (Å²) in [7, 11) is 0. The predicted molar refractivity (Wildman–Crippen MR) is 122 cm³/mol. The largest absolute Gasteiger partial charge is 0.371 e. The summed E-state index contributed by atoms with van der Waals surface area (Å²) in [5.74, 6) is -0.0631. The van der Waals surface area contributed by atoms with Crippen LogP contribution in [-0.4, -0.2) is 19.0 Å². The first-order valence-corrected chi connectivity index (χ1v) is 10.4. The van der Waals surface area contributed by atoms with E-state index in [0.29, 0.717) is 5.56 Å². The van der Waals surface area contributed by atoms with Gasteiger partial charge in [-0.2, -0.15) is 0 Å². The lowest BCUT2D eigenvalue weighted by Crippen LogP contribution is -2.22. The molecule has 1 N–H and O–H groups in total. The maximum Gasteiger partial charge on any atom is 0.256 e. The van der Waals surface area contributed by atoms with E-state index in [2.05, 4.69) is 37.1 Å². The molecule has 0 aromatic heterocycles. The SMILES string of the molecule is Cc1cc(C)c(N2CCCC2)c(C)c1NC(=O)c1ccccc1-c1ccccc1. The van der Waals surface area contributed by atoms with Crippen LogP contribution in [0.5, 0.6) is 0 Å². The van der Waals surface area contributed by atoms with Crippen LogP contribution in [0.4, 0.5) is 11.4 Å². The van der Waals surface area contributed by atoms with E-state index in [4.69, 9.17) is 0 Å². The number of carbonyl (C=O) groups excluding carboxylic acids is 1. The number of nitrogens with zero attached hydrogens (tertiary/aromatic N) is 1. The molecule has 0 unspecified atom stereocenters. The monoisotopic (exact) mass is 384 g/mol. The van der Waals surface area contributed by atoms with Gasteiger partial charge in [0.2, 0.25) is 0 Å². The molecule has 3 aromatic rings. The second-order valence-corrected chi connectivity index (χ2v) is 7.92. The molecule has 0 spiro atoms. The van der Waals surface area contributed by atoms with Crippen LogP contribution >= 0.6 is 0 Å². The molecule has 1 heterocycles. The molecule has 3 aromatic carbocycles. The molecule has 4 rings (SSSR count). The number of hydrogen-bond acceptors (Lipinski definition) is 2. The van der Waals surface area contributed by atoms with Gasteiger partial charge in [0.15, 0.2) is 0 Å². The number of hydrogen-bond donors (Lipinski definition) is 1. The lowest BCUT2D eigenvalue weighted by Gasteiger charge is -2.26. The molecule has 148 valence electrons. The Balaban J connectivity index is 1.71. The van der Waals surface area contributed by atoms with Gasteiger partial charge >= 0.3 is 0 Å². The van der Waals surface area contributed by atoms with Crippen LogP contribution in [0.3, 0.4) is 0 Å². The molecule has 0 atom stereocenters. The van der Waals surface area contributed by atoms with Crippen LogP contribution in [0.15, 0.2) is 60.7 Å². The fourth-order valence-electron chi connectivity index (χ4n) is 4.53. The highest BCUT2D eigenvalue weighted by Gasteiger charge is 2.21. The lowest BCUT2D eigenvalue weighted by atomic mass is 9.98. The zero-order chi connectivity index (χ0) is 20.4. The molecular weight excluding hydrogens is 356 g/mol. The number of amides is 1. The molecule has 1 aliphatic rings. The molecule has 3 nitrogen and oxygen atoms in total. The van der Waals surface area contributed by atoms with Crippen LogP contribution in [0.1, 0.15) is 39.9 Å². The normalized spacial score (nSPS) is 13.6. The van der Waals surface area contributed by atoms with Gasteiger partial charge in [-0.25, -0.2) is 0 Å². The van der Waals surface area contributed by atoms with Gasteiger partial charge in [0.1, 0.15) is 0 Å². The van der Waals surface area contributed by atoms with Crippen molar-refractivity contribution in [2.75, 3.05) is 23.3 Å². The second kappa shape index (κ2) is 8.12. The summed E-state index contributed by atoms with van der Waals surface area (Å²) in [5.41, 5.74) is 8.46. The van der Waals surface area contributed by atoms with E-state index >= 15 is 0 Å². The third-order valence-corrected chi connectivity index (χ3v) is 5.85. The van der Waals surface area contributed by atoms with Gasteiger partial charge in [0, 0.05) is 30.0 Å². The Kier molecular flexibility index (Phi) is 5.39. The Labute approximate surface area is 173 Å². The van der Waals surface area contributed by atoms with Crippen molar-refractivity contribution < 1.29 is 4.79 Å². The topological polar surface area (TPSA) is 32.3 Å². The maximum absolute atomic E-state index is 13.3. The Morgan fingerprint density at radius 2 is 1.52 bits per heavy atom. The van der Waals surface area contributed by atoms with Gasteiger partial charge in [-0.3, -0.25) is 4.79 Å². The van der Waals surface area contributed by atoms with Crippen LogP contribution < -0.4 is 10.2 Å². The average Bonchev–Trinajstić information content (AvgIpc) is 3.26. The Morgan fingerprint density at radius 1 is 0.862 bits per heavy atom. The molecule has 29 heavy (non-hydrogen) atoms. The van der Waals surface area contributed by atoms with E-state index in [1.54, 1.807) is 0 Å². The van der Waals surface area contributed by atoms with Crippen molar-refractivity contribution >= 4 is 17.3 Å². The van der Waals surface area contributed by atoms with Crippen molar-refractivity contribution in [1.82, 2.24) is 0 Å². The first-order chi connectivity index (χ1) is 14.1. The highest BCUT2D eigenvalue weighted by molar-refractivity contribution is 6.09. The van der Waals surface area contributed by atoms with Crippen LogP contribution in [-0.2, 0) is 0 Å². The molecule has 0 aliphatic carbocycles. The minimum atomic E-state index is -0.0631. The van der Waals surface area contributed by atoms with Gasteiger partial charge in [-0.05, 0) is 67.5 Å². The summed E-state index contributed by atoms with van der Waals surface area (Å²) in [6.07, 6.45) is 2.47. The summed E-state index contributed by atoms with van der Waals surface area (Å²) in [6.45, 7) is 8.56. The quantitative estimate of drug-likeness (QED) is 0.587. The molecule has 1 saturated heterocycles. The first-order valence-electron chi connectivity index (χ1n) is 10.4. The minimum absolute atomic E-state index is 0.0631. The zero-order valence-corrected chi connectivity index (χ0v) is 17.5. The van der Waals surface area contributed by atoms with E-state index in [1.165, 1.54) is 24.1 Å². The summed E-state index contributed by atoms with van der Waals surface area (Å²) in [5, 5.41) is 3.23. The fourth-order valence-corrected chi connectivity index (χ4v) is 4.53. The van der Waals surface area contributed by atoms with E-state index in [-0.39, 0.29) is 5.91 Å². The molecule has 1 amide bonds. The highest BCUT2D eigenvalue weighted by Crippen LogP contribution is 2.36. The van der Waals surface area contributed by atoms with Crippen molar-refractivity contribution in [2.45, 2.75) is 33.6 Å². The molecule has 1 fully saturated rings. The average molecular weight is 385 g/mol. The van der Waals surface area contributed by atoms with Crippen molar-refractivity contribution in [3.05, 3.63) is 82.9 Å². The van der Waals surface area contributed by atoms with Crippen LogP contribution in [0.25, 0.3) is 11.1 Å². The molecule has 0 bridgehead atoms. The van der Waals surface area contributed by atoms with Crippen molar-refractivity contribution in [3.63, 3.8) is 0 Å². The van der Waals surface area contributed by atoms with E-state index in [0.717, 1.165) is 41.0 Å². The number of benzene rings is 3. The van der Waals surface area contributed by atoms with Crippen LogP contribution in [0, 0.1) is 20.8 Å². The smallest absolute Gasteiger partial charge is 0.256 e. The standard InChI is InChI=1S/C26H28N2O/c1-18-17-19(2)25(28-15-9-10-16-28)20(3)24(18)27-26(29)23-14-8-7-13-22(23)21-11-5-4-6-12-21/h4-8,11-14,17H,9-10,15-16H2,1-3H3,(H,27,29). The Bertz CT molecular complexity index is 1030. The number of aryl methyl sites for hydroxylation is 2. The van der Waals surface area contributed by atoms with Gasteiger partial charge in [-0.1, -0.05) is 54.6 Å². The van der Waals surface area contributed by atoms with E-state index in [9.17, 15) is 4.79 Å². The third kappa shape index (κ3) is 3.77. The van der Waals surface area contributed by atoms with E-state index in [1.807, 2.05) is 54.6 Å². The van der Waals surface area contributed by atoms with Gasteiger partial charge in [0.05, 0.1) is 0 Å². The Morgan fingerprint density at radius 3 is 2.24 bits per heavy atom. The Hall–Kier alpha value is -3.07. The third-order valence-electron chi connectivity index (χ3n) is 5.85. The second-order valence-electron chi connectivity index (χ2n) is 7.92. The molecule has 1 aliphatic heterocycles. The minimum Gasteiger partial charge on any atom is -0.371 e. The van der Waals surface area contributed by atoms with Gasteiger partial charge in [-0.15, -0.1) is 0 Å². The van der Waals surface area contributed by atoms with Gasteiger partial charge in [0.25, 0.3) is 5.91 Å². The van der Waals surface area contributed by atoms with E-state index < -0.39 is 0 Å². The van der Waals surface area contributed by atoms with Crippen molar-refractivity contribution in [2.24, 2.45) is 0 Å². The first kappa shape index (κ1) is 19.3. The van der Waals surface area contributed by atoms with Crippen molar-refractivity contribution in [1.29, 1.82) is 0 Å². The summed E-state index contributed by atoms with van der Waals surface area (Å²) < 4.78 is 0. The molecule has 0 radical (unpaired) electrons. The van der Waals surface area contributed by atoms with Crippen molar-refractivity contribution in [3.8, 4) is 11.1 Å². The molecular formula is C26H28N2O. The summed E-state index contributed by atoms with van der Waals surface area (Å²) in [4.78, 5) is 15.8. The zero-order valence-electron chi connectivity index (χ0n) is 17.5. The predicted octanol–water partition coefficient (Wildman–Crippen LogP) is 6.13. The highest BCUT2D eigenvalue weighted by atomic mass is 16.1. The molecule has 0 saturated carbocycles. The number of nitrogens with one attached hydrogen (secondary N) is 1. The van der Waals surface area contributed by atoms with Crippen LogP contribution in [0.2, 0.25) is 0 Å². The summed E-state index contributed by atoms with van der Waals surface area (Å²) >= 11 is 0.